The predicted molar refractivity (Wildman–Crippen MR) is 105 cm³/mol. The van der Waals surface area contributed by atoms with Crippen LogP contribution >= 0.6 is 0 Å². The molecule has 10 heteroatoms. The molecule has 152 valence electrons. The third-order valence-corrected chi connectivity index (χ3v) is 5.57. The summed E-state index contributed by atoms with van der Waals surface area (Å²) in [6.45, 7) is 1.47. The quantitative estimate of drug-likeness (QED) is 0.561. The van der Waals surface area contributed by atoms with Crippen LogP contribution in [0, 0.1) is 0 Å². The van der Waals surface area contributed by atoms with Crippen LogP contribution in [0.4, 0.5) is 11.9 Å². The molecule has 2 amide bonds. The zero-order chi connectivity index (χ0) is 20.0. The number of fused-ring (bicyclic) bond motifs is 1. The molecule has 0 aromatic carbocycles. The zero-order valence-corrected chi connectivity index (χ0v) is 16.2. The van der Waals surface area contributed by atoms with Gasteiger partial charge in [0.25, 0.3) is 5.91 Å². The Morgan fingerprint density at radius 1 is 1.24 bits per heavy atom. The summed E-state index contributed by atoms with van der Waals surface area (Å²) in [4.78, 5) is 35.1. The summed E-state index contributed by atoms with van der Waals surface area (Å²) >= 11 is 0. The molecule has 0 atom stereocenters. The molecule has 0 bridgehead atoms. The van der Waals surface area contributed by atoms with Crippen molar-refractivity contribution in [1.82, 2.24) is 24.9 Å². The maximum Gasteiger partial charge on any atom is 0.254 e. The van der Waals surface area contributed by atoms with Crippen molar-refractivity contribution in [1.29, 1.82) is 0 Å². The van der Waals surface area contributed by atoms with Crippen LogP contribution in [0.1, 0.15) is 37.7 Å². The number of rotatable bonds is 5. The molecule has 4 heterocycles. The van der Waals surface area contributed by atoms with Gasteiger partial charge in [0.15, 0.2) is 5.65 Å². The molecule has 2 aromatic heterocycles. The standard InChI is InChI=1S/C19H23N7O3/c1-25(14-4-6-29-7-5-14)18-23-16-12(8-11-9-15(27)22-17(11)28)10-20-26(16)19(24-18)21-13-2-3-13/h8,10,13-14H,2-7,9H2,1H3,(H,21,23,24)(H,22,27,28)/b11-8+. The first-order valence-corrected chi connectivity index (χ1v) is 9.96. The number of aromatic nitrogens is 4. The molecule has 5 rings (SSSR count). The second-order valence-corrected chi connectivity index (χ2v) is 7.78. The first-order chi connectivity index (χ1) is 14.1. The maximum atomic E-state index is 12.0. The molecule has 0 unspecified atom stereocenters. The van der Waals surface area contributed by atoms with Crippen molar-refractivity contribution in [3.8, 4) is 0 Å². The number of amides is 2. The van der Waals surface area contributed by atoms with E-state index < -0.39 is 0 Å². The average Bonchev–Trinajstić information content (AvgIpc) is 3.36. The summed E-state index contributed by atoms with van der Waals surface area (Å²) in [7, 11) is 2.00. The Balaban J connectivity index is 1.56. The SMILES string of the molecule is CN(c1nc(NC2CC2)n2ncc(/C=C3\CC(=O)NC3=O)c2n1)C1CCOCC1. The first kappa shape index (κ1) is 18.0. The highest BCUT2D eigenvalue weighted by Gasteiger charge is 2.27. The van der Waals surface area contributed by atoms with Crippen molar-refractivity contribution in [2.45, 2.75) is 44.2 Å². The summed E-state index contributed by atoms with van der Waals surface area (Å²) in [6, 6.07) is 0.710. The maximum absolute atomic E-state index is 12.0. The summed E-state index contributed by atoms with van der Waals surface area (Å²) in [6.07, 6.45) is 7.49. The molecule has 0 radical (unpaired) electrons. The zero-order valence-electron chi connectivity index (χ0n) is 16.2. The number of carbonyl (C=O) groups is 2. The molecule has 2 aromatic rings. The van der Waals surface area contributed by atoms with E-state index in [4.69, 9.17) is 14.7 Å². The normalized spacial score (nSPS) is 21.8. The molecule has 2 aliphatic heterocycles. The molecule has 10 nitrogen and oxygen atoms in total. The van der Waals surface area contributed by atoms with Crippen molar-refractivity contribution in [2.75, 3.05) is 30.5 Å². The van der Waals surface area contributed by atoms with E-state index in [1.54, 1.807) is 16.8 Å². The van der Waals surface area contributed by atoms with Gasteiger partial charge < -0.3 is 15.0 Å². The van der Waals surface area contributed by atoms with Crippen LogP contribution in [0.2, 0.25) is 0 Å². The summed E-state index contributed by atoms with van der Waals surface area (Å²) in [5.74, 6) is 0.602. The van der Waals surface area contributed by atoms with Crippen molar-refractivity contribution in [2.24, 2.45) is 0 Å². The number of nitrogens with zero attached hydrogens (tertiary/aromatic N) is 5. The van der Waals surface area contributed by atoms with Crippen molar-refractivity contribution < 1.29 is 14.3 Å². The van der Waals surface area contributed by atoms with Crippen molar-refractivity contribution >= 4 is 35.4 Å². The molecule has 0 spiro atoms. The number of carbonyl (C=O) groups excluding carboxylic acids is 2. The molecule has 29 heavy (non-hydrogen) atoms. The van der Waals surface area contributed by atoms with Gasteiger partial charge in [-0.2, -0.15) is 19.6 Å². The summed E-state index contributed by atoms with van der Waals surface area (Å²) < 4.78 is 7.14. The molecule has 1 aliphatic carbocycles. The Labute approximate surface area is 167 Å². The Hall–Kier alpha value is -3.01. The molecule has 2 saturated heterocycles. The third kappa shape index (κ3) is 3.55. The molecular weight excluding hydrogens is 374 g/mol. The van der Waals surface area contributed by atoms with Crippen LogP contribution in [-0.4, -0.2) is 63.7 Å². The first-order valence-electron chi connectivity index (χ1n) is 9.96. The smallest absolute Gasteiger partial charge is 0.254 e. The minimum atomic E-state index is -0.362. The lowest BCUT2D eigenvalue weighted by Gasteiger charge is -2.31. The second-order valence-electron chi connectivity index (χ2n) is 7.78. The van der Waals surface area contributed by atoms with Crippen LogP contribution < -0.4 is 15.5 Å². The topological polar surface area (TPSA) is 114 Å². The van der Waals surface area contributed by atoms with E-state index in [0.717, 1.165) is 38.9 Å². The van der Waals surface area contributed by atoms with Gasteiger partial charge in [-0.3, -0.25) is 14.9 Å². The third-order valence-electron chi connectivity index (χ3n) is 5.57. The fourth-order valence-corrected chi connectivity index (χ4v) is 3.69. The Kier molecular flexibility index (Phi) is 4.42. The van der Waals surface area contributed by atoms with Gasteiger partial charge in [-0.05, 0) is 31.8 Å². The molecule has 1 saturated carbocycles. The van der Waals surface area contributed by atoms with E-state index in [1.807, 2.05) is 7.05 Å². The van der Waals surface area contributed by atoms with Crippen LogP contribution in [-0.2, 0) is 14.3 Å². The lowest BCUT2D eigenvalue weighted by atomic mass is 10.1. The van der Waals surface area contributed by atoms with E-state index in [0.29, 0.717) is 40.8 Å². The largest absolute Gasteiger partial charge is 0.381 e. The predicted octanol–water partition coefficient (Wildman–Crippen LogP) is 0.744. The lowest BCUT2D eigenvalue weighted by molar-refractivity contribution is -0.124. The minimum Gasteiger partial charge on any atom is -0.381 e. The highest BCUT2D eigenvalue weighted by molar-refractivity contribution is 6.15. The Morgan fingerprint density at radius 2 is 2.03 bits per heavy atom. The van der Waals surface area contributed by atoms with E-state index in [9.17, 15) is 9.59 Å². The van der Waals surface area contributed by atoms with Crippen LogP contribution in [0.15, 0.2) is 11.8 Å². The number of ether oxygens (including phenoxy) is 1. The van der Waals surface area contributed by atoms with Crippen LogP contribution in [0.25, 0.3) is 11.7 Å². The monoisotopic (exact) mass is 397 g/mol. The summed E-state index contributed by atoms with van der Waals surface area (Å²) in [5, 5.41) is 10.2. The highest BCUT2D eigenvalue weighted by atomic mass is 16.5. The van der Waals surface area contributed by atoms with Gasteiger partial charge in [-0.25, -0.2) is 0 Å². The van der Waals surface area contributed by atoms with Gasteiger partial charge in [0.2, 0.25) is 17.8 Å². The highest BCUT2D eigenvalue weighted by Crippen LogP contribution is 2.27. The minimum absolute atomic E-state index is 0.0727. The van der Waals surface area contributed by atoms with Crippen LogP contribution in [0.3, 0.4) is 0 Å². The number of hydrogen-bond donors (Lipinski definition) is 2. The second kappa shape index (κ2) is 7.11. The number of imide groups is 1. The van der Waals surface area contributed by atoms with Gasteiger partial charge in [0.1, 0.15) is 0 Å². The van der Waals surface area contributed by atoms with Crippen molar-refractivity contribution in [3.63, 3.8) is 0 Å². The van der Waals surface area contributed by atoms with Gasteiger partial charge in [-0.15, -0.1) is 0 Å². The fourth-order valence-electron chi connectivity index (χ4n) is 3.69. The lowest BCUT2D eigenvalue weighted by Crippen LogP contribution is -2.38. The Bertz CT molecular complexity index is 1000. The van der Waals surface area contributed by atoms with E-state index >= 15 is 0 Å². The van der Waals surface area contributed by atoms with Crippen LogP contribution in [0.5, 0.6) is 0 Å². The number of hydrogen-bond acceptors (Lipinski definition) is 8. The molecule has 3 aliphatic rings. The van der Waals surface area contributed by atoms with E-state index in [1.165, 1.54) is 0 Å². The Morgan fingerprint density at radius 3 is 2.72 bits per heavy atom. The van der Waals surface area contributed by atoms with E-state index in [2.05, 4.69) is 20.6 Å². The van der Waals surface area contributed by atoms with E-state index in [-0.39, 0.29) is 18.2 Å². The fraction of sp³-hybridized carbons (Fsp3) is 0.526. The number of nitrogens with one attached hydrogen (secondary N) is 2. The van der Waals surface area contributed by atoms with Gasteiger partial charge in [0, 0.05) is 43.5 Å². The van der Waals surface area contributed by atoms with Crippen molar-refractivity contribution in [3.05, 3.63) is 17.3 Å². The van der Waals surface area contributed by atoms with Gasteiger partial charge in [-0.1, -0.05) is 0 Å². The molecule has 2 N–H and O–H groups in total. The van der Waals surface area contributed by atoms with Gasteiger partial charge >= 0.3 is 0 Å². The number of anilines is 2. The van der Waals surface area contributed by atoms with Gasteiger partial charge in [0.05, 0.1) is 12.6 Å². The average molecular weight is 397 g/mol. The summed E-state index contributed by atoms with van der Waals surface area (Å²) in [5.41, 5.74) is 1.71. The molecule has 3 fully saturated rings. The molecular formula is C19H23N7O3.